The van der Waals surface area contributed by atoms with E-state index in [0.717, 1.165) is 0 Å². The van der Waals surface area contributed by atoms with Crippen LogP contribution < -0.4 is 14.2 Å². The number of aliphatic hydroxyl groups is 2. The number of hydrogen-bond acceptors (Lipinski definition) is 6. The molecule has 0 saturated carbocycles. The number of aliphatic hydroxyl groups excluding tert-OH is 2. The van der Waals surface area contributed by atoms with Crippen LogP contribution in [0.5, 0.6) is 17.2 Å². The summed E-state index contributed by atoms with van der Waals surface area (Å²) in [7, 11) is 0. The third-order valence-electron chi connectivity index (χ3n) is 4.84. The first-order valence-electron chi connectivity index (χ1n) is 9.84. The van der Waals surface area contributed by atoms with Crippen LogP contribution in [0.3, 0.4) is 0 Å². The average molecular weight is 408 g/mol. The van der Waals surface area contributed by atoms with Crippen LogP contribution in [0.25, 0.3) is 0 Å². The molecule has 0 radical (unpaired) electrons. The number of rotatable bonds is 7. The van der Waals surface area contributed by atoms with Crippen LogP contribution in [0.2, 0.25) is 0 Å². The lowest BCUT2D eigenvalue weighted by Crippen LogP contribution is -2.64. The van der Waals surface area contributed by atoms with Crippen molar-refractivity contribution < 1.29 is 29.2 Å². The van der Waals surface area contributed by atoms with E-state index in [9.17, 15) is 10.2 Å². The first-order valence-corrected chi connectivity index (χ1v) is 9.84. The van der Waals surface area contributed by atoms with Gasteiger partial charge >= 0.3 is 0 Å². The summed E-state index contributed by atoms with van der Waals surface area (Å²) in [6.45, 7) is -0.346. The van der Waals surface area contributed by atoms with Crippen molar-refractivity contribution in [3.05, 3.63) is 91.0 Å². The van der Waals surface area contributed by atoms with Gasteiger partial charge in [0.05, 0.1) is 6.61 Å². The highest BCUT2D eigenvalue weighted by atomic mass is 16.7. The molecule has 6 nitrogen and oxygen atoms in total. The van der Waals surface area contributed by atoms with E-state index in [0.29, 0.717) is 17.2 Å². The summed E-state index contributed by atoms with van der Waals surface area (Å²) >= 11 is 0. The molecule has 3 aromatic rings. The van der Waals surface area contributed by atoms with Crippen molar-refractivity contribution in [3.8, 4) is 17.2 Å². The van der Waals surface area contributed by atoms with E-state index in [4.69, 9.17) is 18.9 Å². The highest BCUT2D eigenvalue weighted by molar-refractivity contribution is 5.25. The zero-order valence-electron chi connectivity index (χ0n) is 16.3. The van der Waals surface area contributed by atoms with Crippen molar-refractivity contribution in [1.82, 2.24) is 0 Å². The van der Waals surface area contributed by atoms with Gasteiger partial charge in [-0.25, -0.2) is 0 Å². The molecule has 4 rings (SSSR count). The first kappa shape index (κ1) is 20.2. The van der Waals surface area contributed by atoms with Gasteiger partial charge in [-0.3, -0.25) is 0 Å². The van der Waals surface area contributed by atoms with E-state index in [1.165, 1.54) is 0 Å². The SMILES string of the molecule is OC[C@H]1O[C@H](O)[C@H](Oc2ccccc2)[C@@H](Oc2ccccc2)[C@H]1Oc1ccccc1. The zero-order valence-corrected chi connectivity index (χ0v) is 16.3. The zero-order chi connectivity index (χ0) is 20.8. The number of hydrogen-bond donors (Lipinski definition) is 2. The highest BCUT2D eigenvalue weighted by Crippen LogP contribution is 2.30. The van der Waals surface area contributed by atoms with Crippen molar-refractivity contribution in [2.24, 2.45) is 0 Å². The maximum atomic E-state index is 10.7. The molecule has 1 saturated heterocycles. The lowest BCUT2D eigenvalue weighted by atomic mass is 9.98. The maximum Gasteiger partial charge on any atom is 0.196 e. The lowest BCUT2D eigenvalue weighted by molar-refractivity contribution is -0.271. The molecule has 156 valence electrons. The molecule has 3 aromatic carbocycles. The Bertz CT molecular complexity index is 889. The van der Waals surface area contributed by atoms with Gasteiger partial charge in [0.15, 0.2) is 24.6 Å². The van der Waals surface area contributed by atoms with Gasteiger partial charge in [-0.2, -0.15) is 0 Å². The minimum atomic E-state index is -1.31. The molecule has 1 heterocycles. The highest BCUT2D eigenvalue weighted by Gasteiger charge is 2.50. The van der Waals surface area contributed by atoms with Crippen molar-refractivity contribution in [2.45, 2.75) is 30.7 Å². The summed E-state index contributed by atoms with van der Waals surface area (Å²) in [5, 5.41) is 20.6. The van der Waals surface area contributed by atoms with Gasteiger partial charge in [0.2, 0.25) is 0 Å². The summed E-state index contributed by atoms with van der Waals surface area (Å²) in [5.41, 5.74) is 0. The molecule has 0 aliphatic carbocycles. The normalized spacial score (nSPS) is 26.0. The average Bonchev–Trinajstić information content (AvgIpc) is 2.80. The third kappa shape index (κ3) is 4.74. The van der Waals surface area contributed by atoms with Gasteiger partial charge in [0, 0.05) is 0 Å². The Balaban J connectivity index is 1.67. The molecule has 2 N–H and O–H groups in total. The summed E-state index contributed by atoms with van der Waals surface area (Å²) in [5.74, 6) is 1.75. The quantitative estimate of drug-likeness (QED) is 0.626. The van der Waals surface area contributed by atoms with E-state index in [1.807, 2.05) is 78.9 Å². The molecular weight excluding hydrogens is 384 g/mol. The molecule has 5 atom stereocenters. The van der Waals surface area contributed by atoms with Crippen molar-refractivity contribution in [2.75, 3.05) is 6.61 Å². The Morgan fingerprint density at radius 1 is 0.600 bits per heavy atom. The Labute approximate surface area is 175 Å². The van der Waals surface area contributed by atoms with Crippen LogP contribution in [0.1, 0.15) is 0 Å². The molecular formula is C24H24O6. The summed E-state index contributed by atoms with van der Waals surface area (Å²) in [6.07, 6.45) is -4.48. The Kier molecular flexibility index (Phi) is 6.49. The van der Waals surface area contributed by atoms with Gasteiger partial charge < -0.3 is 29.2 Å². The van der Waals surface area contributed by atoms with Gasteiger partial charge in [-0.05, 0) is 36.4 Å². The largest absolute Gasteiger partial charge is 0.484 e. The van der Waals surface area contributed by atoms with Crippen LogP contribution >= 0.6 is 0 Å². The molecule has 6 heteroatoms. The van der Waals surface area contributed by atoms with E-state index >= 15 is 0 Å². The molecule has 1 aliphatic rings. The van der Waals surface area contributed by atoms with E-state index in [2.05, 4.69) is 0 Å². The van der Waals surface area contributed by atoms with Crippen LogP contribution in [-0.4, -0.2) is 47.5 Å². The van der Waals surface area contributed by atoms with Crippen LogP contribution in [0.15, 0.2) is 91.0 Å². The van der Waals surface area contributed by atoms with Gasteiger partial charge in [-0.15, -0.1) is 0 Å². The Morgan fingerprint density at radius 3 is 1.43 bits per heavy atom. The predicted octanol–water partition coefficient (Wildman–Crippen LogP) is 3.04. The van der Waals surface area contributed by atoms with Crippen LogP contribution in [0, 0.1) is 0 Å². The molecule has 30 heavy (non-hydrogen) atoms. The fourth-order valence-electron chi connectivity index (χ4n) is 3.41. The van der Waals surface area contributed by atoms with Gasteiger partial charge in [-0.1, -0.05) is 54.6 Å². The van der Waals surface area contributed by atoms with E-state index in [1.54, 1.807) is 12.1 Å². The Hall–Kier alpha value is -3.06. The van der Waals surface area contributed by atoms with Gasteiger partial charge in [0.25, 0.3) is 0 Å². The van der Waals surface area contributed by atoms with Crippen LogP contribution in [0.4, 0.5) is 0 Å². The van der Waals surface area contributed by atoms with Crippen LogP contribution in [-0.2, 0) is 4.74 Å². The van der Waals surface area contributed by atoms with Crippen molar-refractivity contribution in [3.63, 3.8) is 0 Å². The Morgan fingerprint density at radius 2 is 1.00 bits per heavy atom. The summed E-state index contributed by atoms with van der Waals surface area (Å²) in [4.78, 5) is 0. The van der Waals surface area contributed by atoms with Crippen molar-refractivity contribution in [1.29, 1.82) is 0 Å². The number of ether oxygens (including phenoxy) is 4. The second-order valence-corrected chi connectivity index (χ2v) is 6.93. The molecule has 1 fully saturated rings. The second-order valence-electron chi connectivity index (χ2n) is 6.93. The second kappa shape index (κ2) is 9.63. The minimum absolute atomic E-state index is 0.346. The standard InChI is InChI=1S/C24H24O6/c25-16-20-21(27-17-10-4-1-5-11-17)22(28-18-12-6-2-7-13-18)23(24(26)30-20)29-19-14-8-3-9-15-19/h1-15,20-26H,16H2/t20-,21+,22+,23-,24+/m1/s1. The summed E-state index contributed by atoms with van der Waals surface area (Å²) in [6, 6.07) is 27.6. The lowest BCUT2D eigenvalue weighted by Gasteiger charge is -2.43. The topological polar surface area (TPSA) is 77.4 Å². The van der Waals surface area contributed by atoms with E-state index < -0.39 is 30.7 Å². The fraction of sp³-hybridized carbons (Fsp3) is 0.250. The van der Waals surface area contributed by atoms with Crippen molar-refractivity contribution >= 4 is 0 Å². The first-order chi connectivity index (χ1) is 14.7. The smallest absolute Gasteiger partial charge is 0.196 e. The molecule has 0 spiro atoms. The fourth-order valence-corrected chi connectivity index (χ4v) is 3.41. The predicted molar refractivity (Wildman–Crippen MR) is 111 cm³/mol. The maximum absolute atomic E-state index is 10.7. The molecule has 0 unspecified atom stereocenters. The van der Waals surface area contributed by atoms with Gasteiger partial charge in [0.1, 0.15) is 23.4 Å². The monoisotopic (exact) mass is 408 g/mol. The molecule has 1 aliphatic heterocycles. The number of benzene rings is 3. The summed E-state index contributed by atoms with van der Waals surface area (Å²) < 4.78 is 24.1. The molecule has 0 aromatic heterocycles. The minimum Gasteiger partial charge on any atom is -0.484 e. The van der Waals surface area contributed by atoms with E-state index in [-0.39, 0.29) is 6.61 Å². The molecule has 0 amide bonds. The third-order valence-corrected chi connectivity index (χ3v) is 4.84. The number of para-hydroxylation sites is 3. The molecule has 0 bridgehead atoms.